The lowest BCUT2D eigenvalue weighted by Crippen LogP contribution is -2.35. The summed E-state index contributed by atoms with van der Waals surface area (Å²) in [5.41, 5.74) is 6.84. The smallest absolute Gasteiger partial charge is 0.0946 e. The van der Waals surface area contributed by atoms with E-state index < -0.39 is 0 Å². The Morgan fingerprint density at radius 1 is 1.06 bits per heavy atom. The van der Waals surface area contributed by atoms with Gasteiger partial charge in [-0.05, 0) is 71.9 Å². The molecule has 0 amide bonds. The molecule has 1 heterocycles. The van der Waals surface area contributed by atoms with Crippen molar-refractivity contribution < 1.29 is 0 Å². The maximum absolute atomic E-state index is 4.70. The van der Waals surface area contributed by atoms with Gasteiger partial charge in [-0.25, -0.2) is 4.98 Å². The van der Waals surface area contributed by atoms with Gasteiger partial charge in [0.25, 0.3) is 0 Å². The van der Waals surface area contributed by atoms with E-state index in [-0.39, 0.29) is 5.41 Å². The number of hydrogen-bond acceptors (Lipinski definition) is 1. The first kappa shape index (κ1) is 22.3. The highest BCUT2D eigenvalue weighted by molar-refractivity contribution is 7.28. The van der Waals surface area contributed by atoms with Gasteiger partial charge in [-0.1, -0.05) is 74.7 Å². The van der Waals surface area contributed by atoms with Gasteiger partial charge in [0, 0.05) is 13.2 Å². The monoisotopic (exact) mass is 432 g/mol. The Bertz CT molecular complexity index is 1030. The van der Waals surface area contributed by atoms with Crippen LogP contribution in [0.2, 0.25) is 0 Å². The summed E-state index contributed by atoms with van der Waals surface area (Å²) in [6, 6.07) is 15.9. The number of benzene rings is 2. The quantitative estimate of drug-likeness (QED) is 0.406. The van der Waals surface area contributed by atoms with Gasteiger partial charge in [0.15, 0.2) is 0 Å². The van der Waals surface area contributed by atoms with Crippen LogP contribution >= 0.6 is 9.24 Å². The first-order valence-electron chi connectivity index (χ1n) is 11.7. The summed E-state index contributed by atoms with van der Waals surface area (Å²) >= 11 is 0. The molecule has 0 spiro atoms. The van der Waals surface area contributed by atoms with Crippen molar-refractivity contribution in [2.75, 3.05) is 0 Å². The predicted octanol–water partition coefficient (Wildman–Crippen LogP) is 6.51. The molecule has 1 saturated carbocycles. The fourth-order valence-corrected chi connectivity index (χ4v) is 6.07. The second-order valence-corrected chi connectivity index (χ2v) is 10.9. The van der Waals surface area contributed by atoms with Gasteiger partial charge in [0.05, 0.1) is 12.0 Å². The van der Waals surface area contributed by atoms with E-state index in [1.165, 1.54) is 58.9 Å². The number of hydrogen-bond donors (Lipinski definition) is 0. The number of aromatic nitrogens is 2. The molecule has 1 fully saturated rings. The fourth-order valence-electron chi connectivity index (χ4n) is 5.54. The van der Waals surface area contributed by atoms with Gasteiger partial charge in [0.2, 0.25) is 0 Å². The highest BCUT2D eigenvalue weighted by Gasteiger charge is 2.37. The van der Waals surface area contributed by atoms with Crippen molar-refractivity contribution >= 4 is 14.5 Å². The van der Waals surface area contributed by atoms with Crippen LogP contribution in [0.5, 0.6) is 0 Å². The van der Waals surface area contributed by atoms with E-state index in [0.29, 0.717) is 0 Å². The molecule has 0 N–H and O–H groups in total. The summed E-state index contributed by atoms with van der Waals surface area (Å²) in [6.07, 6.45) is 11.7. The van der Waals surface area contributed by atoms with Gasteiger partial charge >= 0.3 is 0 Å². The Hall–Kier alpha value is -1.92. The van der Waals surface area contributed by atoms with Crippen molar-refractivity contribution in [2.24, 2.45) is 24.3 Å². The average Bonchev–Trinajstić information content (AvgIpc) is 3.12. The van der Waals surface area contributed by atoms with Gasteiger partial charge in [-0.15, -0.1) is 9.24 Å². The van der Waals surface area contributed by atoms with E-state index in [4.69, 9.17) is 4.98 Å². The van der Waals surface area contributed by atoms with Crippen LogP contribution in [-0.4, -0.2) is 9.55 Å². The predicted molar refractivity (Wildman–Crippen MR) is 136 cm³/mol. The van der Waals surface area contributed by atoms with Crippen LogP contribution in [-0.2, 0) is 19.9 Å². The van der Waals surface area contributed by atoms with Crippen molar-refractivity contribution in [3.05, 3.63) is 71.8 Å². The summed E-state index contributed by atoms with van der Waals surface area (Å²) in [5.74, 6) is 1.63. The molecular weight excluding hydrogens is 395 g/mol. The minimum absolute atomic E-state index is 0.226. The maximum atomic E-state index is 4.70. The van der Waals surface area contributed by atoms with Gasteiger partial charge in [-0.3, -0.25) is 0 Å². The minimum Gasteiger partial charge on any atom is -0.340 e. The van der Waals surface area contributed by atoms with Gasteiger partial charge < -0.3 is 4.57 Å². The highest BCUT2D eigenvalue weighted by Crippen LogP contribution is 2.44. The number of rotatable bonds is 6. The molecule has 1 aromatic heterocycles. The molecule has 1 aliphatic rings. The van der Waals surface area contributed by atoms with E-state index in [0.717, 1.165) is 24.7 Å². The fraction of sp³-hybridized carbons (Fsp3) is 0.464. The van der Waals surface area contributed by atoms with E-state index >= 15 is 0 Å². The molecule has 164 valence electrons. The Morgan fingerprint density at radius 3 is 2.52 bits per heavy atom. The zero-order valence-corrected chi connectivity index (χ0v) is 20.7. The van der Waals surface area contributed by atoms with Crippen LogP contribution in [0.1, 0.15) is 56.4 Å². The Labute approximate surface area is 190 Å². The number of imidazole rings is 1. The van der Waals surface area contributed by atoms with Crippen molar-refractivity contribution in [1.82, 2.24) is 9.55 Å². The second-order valence-electron chi connectivity index (χ2n) is 10.3. The van der Waals surface area contributed by atoms with Crippen molar-refractivity contribution in [3.63, 3.8) is 0 Å². The summed E-state index contributed by atoms with van der Waals surface area (Å²) in [7, 11) is 4.98. The Morgan fingerprint density at radius 2 is 1.84 bits per heavy atom. The van der Waals surface area contributed by atoms with E-state index in [1.807, 2.05) is 6.33 Å². The summed E-state index contributed by atoms with van der Waals surface area (Å²) in [4.78, 5) is 4.70. The summed E-state index contributed by atoms with van der Waals surface area (Å²) in [5, 5.41) is 1.27. The molecule has 1 aliphatic carbocycles. The zero-order chi connectivity index (χ0) is 22.0. The zero-order valence-electron chi connectivity index (χ0n) is 19.6. The third-order valence-electron chi connectivity index (χ3n) is 7.40. The Balaban J connectivity index is 1.63. The molecule has 2 aromatic carbocycles. The summed E-state index contributed by atoms with van der Waals surface area (Å²) in [6.45, 7) is 7.08. The molecular formula is C28H37N2P. The summed E-state index contributed by atoms with van der Waals surface area (Å²) < 4.78 is 2.08. The second kappa shape index (κ2) is 9.29. The third-order valence-corrected chi connectivity index (χ3v) is 7.88. The first-order chi connectivity index (χ1) is 14.8. The molecule has 0 saturated heterocycles. The van der Waals surface area contributed by atoms with Crippen LogP contribution in [0.4, 0.5) is 0 Å². The molecule has 0 aliphatic heterocycles. The van der Waals surface area contributed by atoms with Crippen LogP contribution in [0, 0.1) is 24.2 Å². The first-order valence-corrected chi connectivity index (χ1v) is 12.3. The maximum Gasteiger partial charge on any atom is 0.0946 e. The molecule has 0 bridgehead atoms. The normalized spacial score (nSPS) is 21.1. The van der Waals surface area contributed by atoms with Crippen molar-refractivity contribution in [1.29, 1.82) is 0 Å². The van der Waals surface area contributed by atoms with Crippen LogP contribution < -0.4 is 5.30 Å². The molecule has 2 nitrogen and oxygen atoms in total. The topological polar surface area (TPSA) is 17.8 Å². The number of nitrogens with zero attached hydrogens (tertiary/aromatic N) is 2. The number of aryl methyl sites for hydroxylation is 2. The molecule has 3 heteroatoms. The molecule has 31 heavy (non-hydrogen) atoms. The Kier molecular flexibility index (Phi) is 6.68. The van der Waals surface area contributed by atoms with Crippen LogP contribution in [0.25, 0.3) is 11.1 Å². The molecule has 2 atom stereocenters. The van der Waals surface area contributed by atoms with Crippen LogP contribution in [0.3, 0.4) is 0 Å². The molecule has 4 rings (SSSR count). The molecule has 3 aromatic rings. The van der Waals surface area contributed by atoms with Crippen molar-refractivity contribution in [2.45, 2.75) is 59.3 Å². The highest BCUT2D eigenvalue weighted by atomic mass is 31.0. The SMILES string of the molecule is Cc1ccc(-c2cccc(CC(C)(Cc3cn(C)cn3)C3CCC(C)CC3)c2)c(P)c1. The van der Waals surface area contributed by atoms with E-state index in [2.05, 4.69) is 90.3 Å². The van der Waals surface area contributed by atoms with E-state index in [1.54, 1.807) is 0 Å². The van der Waals surface area contributed by atoms with Crippen LogP contribution in [0.15, 0.2) is 55.0 Å². The van der Waals surface area contributed by atoms with Gasteiger partial charge in [-0.2, -0.15) is 0 Å². The molecule has 2 unspecified atom stereocenters. The average molecular weight is 433 g/mol. The van der Waals surface area contributed by atoms with Crippen molar-refractivity contribution in [3.8, 4) is 11.1 Å². The lowest BCUT2D eigenvalue weighted by Gasteiger charge is -2.41. The van der Waals surface area contributed by atoms with E-state index in [9.17, 15) is 0 Å². The largest absolute Gasteiger partial charge is 0.340 e. The van der Waals surface area contributed by atoms with Gasteiger partial charge in [0.1, 0.15) is 0 Å². The lowest BCUT2D eigenvalue weighted by atomic mass is 9.63. The third kappa shape index (κ3) is 5.29. The molecule has 0 radical (unpaired) electrons. The standard InChI is InChI=1S/C28H37N2P/c1-20-8-11-24(12-9-20)28(3,17-25-18-30(4)19-29-25)16-22-6-5-7-23(15-22)26-13-10-21(2)14-27(26)31/h5-7,10,13-15,18-20,24H,8-9,11-12,16-17,31H2,1-4H3. The minimum atomic E-state index is 0.226. The lowest BCUT2D eigenvalue weighted by molar-refractivity contribution is 0.117.